The van der Waals surface area contributed by atoms with Gasteiger partial charge in [0.2, 0.25) is 0 Å². The minimum Gasteiger partial charge on any atom is -0.550 e. The summed E-state index contributed by atoms with van der Waals surface area (Å²) in [4.78, 5) is 33.2. The Balaban J connectivity index is 3.95. The van der Waals surface area contributed by atoms with E-state index in [4.69, 9.17) is 10.2 Å². The maximum atomic E-state index is 11.1. The summed E-state index contributed by atoms with van der Waals surface area (Å²) in [6.07, 6.45) is 24.0. The van der Waals surface area contributed by atoms with Crippen LogP contribution < -0.4 is 5.11 Å². The van der Waals surface area contributed by atoms with Gasteiger partial charge in [0.15, 0.2) is 0 Å². The SMILES string of the molecule is C/C=C/CCCCCCCCCCCCCCCCC[N+](CCC(=O)[O-])(CCC(=O)O)CCC(=O)O. The Morgan fingerprint density at radius 1 is 0.583 bits per heavy atom. The van der Waals surface area contributed by atoms with Crippen LogP contribution in [0, 0.1) is 0 Å². The zero-order valence-corrected chi connectivity index (χ0v) is 22.9. The number of carboxylic acids is 3. The number of hydrogen-bond acceptors (Lipinski definition) is 4. The van der Waals surface area contributed by atoms with E-state index in [1.165, 1.54) is 83.5 Å². The lowest BCUT2D eigenvalue weighted by molar-refractivity contribution is -0.927. The molecular formula is C29H53NO6. The van der Waals surface area contributed by atoms with Crippen molar-refractivity contribution in [2.24, 2.45) is 0 Å². The van der Waals surface area contributed by atoms with Crippen LogP contribution in [0.15, 0.2) is 12.2 Å². The molecule has 0 aromatic rings. The van der Waals surface area contributed by atoms with E-state index in [9.17, 15) is 19.5 Å². The predicted molar refractivity (Wildman–Crippen MR) is 143 cm³/mol. The van der Waals surface area contributed by atoms with Gasteiger partial charge in [-0.2, -0.15) is 0 Å². The molecule has 0 aromatic heterocycles. The summed E-state index contributed by atoms with van der Waals surface area (Å²) in [7, 11) is 0. The second kappa shape index (κ2) is 23.5. The summed E-state index contributed by atoms with van der Waals surface area (Å²) < 4.78 is 0.225. The average Bonchev–Trinajstić information content (AvgIpc) is 2.83. The standard InChI is InChI=1S/C29H53NO6/c1-2-3-4-5-6-7-8-9-10-11-12-13-14-15-16-17-18-19-23-30(24-20-27(31)32,25-21-28(33)34)26-22-29(35)36/h2-3H,4-26H2,1H3,(H2-,31,32,33,34,35,36)/b3-2+. The van der Waals surface area contributed by atoms with Gasteiger partial charge < -0.3 is 24.6 Å². The highest BCUT2D eigenvalue weighted by Gasteiger charge is 2.28. The van der Waals surface area contributed by atoms with Crippen LogP contribution >= 0.6 is 0 Å². The maximum Gasteiger partial charge on any atom is 0.309 e. The summed E-state index contributed by atoms with van der Waals surface area (Å²) >= 11 is 0. The number of unbranched alkanes of at least 4 members (excludes halogenated alkanes) is 15. The zero-order chi connectivity index (χ0) is 26.9. The number of carbonyl (C=O) groups is 3. The third kappa shape index (κ3) is 22.6. The Morgan fingerprint density at radius 3 is 1.31 bits per heavy atom. The fourth-order valence-corrected chi connectivity index (χ4v) is 4.84. The molecule has 0 amide bonds. The molecule has 0 atom stereocenters. The van der Waals surface area contributed by atoms with Crippen molar-refractivity contribution in [3.05, 3.63) is 12.2 Å². The first kappa shape index (κ1) is 34.1. The molecule has 0 saturated heterocycles. The van der Waals surface area contributed by atoms with Gasteiger partial charge in [-0.05, 0) is 32.6 Å². The minimum atomic E-state index is -1.18. The Hall–Kier alpha value is -1.89. The predicted octanol–water partition coefficient (Wildman–Crippen LogP) is 5.71. The number of nitrogens with zero attached hydrogens (tertiary/aromatic N) is 1. The van der Waals surface area contributed by atoms with E-state index < -0.39 is 17.9 Å². The summed E-state index contributed by atoms with van der Waals surface area (Å²) in [5.74, 6) is -3.08. The molecule has 0 unspecified atom stereocenters. The zero-order valence-electron chi connectivity index (χ0n) is 22.9. The van der Waals surface area contributed by atoms with E-state index in [0.29, 0.717) is 6.54 Å². The fraction of sp³-hybridized carbons (Fsp3) is 0.828. The second-order valence-electron chi connectivity index (χ2n) is 10.3. The van der Waals surface area contributed by atoms with Crippen molar-refractivity contribution in [3.8, 4) is 0 Å². The molecular weight excluding hydrogens is 458 g/mol. The quantitative estimate of drug-likeness (QED) is 0.0829. The monoisotopic (exact) mass is 511 g/mol. The molecule has 0 aliphatic heterocycles. The van der Waals surface area contributed by atoms with Gasteiger partial charge in [-0.3, -0.25) is 9.59 Å². The fourth-order valence-electron chi connectivity index (χ4n) is 4.84. The number of carboxylic acid groups (broad SMARTS) is 3. The number of allylic oxidation sites excluding steroid dienone is 2. The highest BCUT2D eigenvalue weighted by molar-refractivity contribution is 5.67. The van der Waals surface area contributed by atoms with Gasteiger partial charge in [-0.15, -0.1) is 0 Å². The Labute approximate surface area is 219 Å². The molecule has 0 spiro atoms. The largest absolute Gasteiger partial charge is 0.550 e. The van der Waals surface area contributed by atoms with Crippen LogP contribution in [0.1, 0.15) is 129 Å². The van der Waals surface area contributed by atoms with Gasteiger partial charge >= 0.3 is 11.9 Å². The van der Waals surface area contributed by atoms with Crippen molar-refractivity contribution < 1.29 is 34.2 Å². The van der Waals surface area contributed by atoms with Crippen LogP contribution in [-0.4, -0.2) is 58.8 Å². The van der Waals surface area contributed by atoms with Crippen LogP contribution in [0.2, 0.25) is 0 Å². The van der Waals surface area contributed by atoms with Crippen LogP contribution in [0.4, 0.5) is 0 Å². The molecule has 0 radical (unpaired) electrons. The molecule has 0 fully saturated rings. The Bertz CT molecular complexity index is 559. The van der Waals surface area contributed by atoms with Crippen LogP contribution in [0.5, 0.6) is 0 Å². The lowest BCUT2D eigenvalue weighted by Crippen LogP contribution is -2.53. The van der Waals surface area contributed by atoms with Crippen molar-refractivity contribution in [2.75, 3.05) is 26.2 Å². The molecule has 0 rings (SSSR count). The van der Waals surface area contributed by atoms with Crippen molar-refractivity contribution in [1.29, 1.82) is 0 Å². The van der Waals surface area contributed by atoms with E-state index in [0.717, 1.165) is 19.3 Å². The molecule has 0 aliphatic rings. The highest BCUT2D eigenvalue weighted by atomic mass is 16.4. The van der Waals surface area contributed by atoms with Gasteiger partial charge in [-0.1, -0.05) is 89.2 Å². The average molecular weight is 512 g/mol. The summed E-state index contributed by atoms with van der Waals surface area (Å²) in [6, 6.07) is 0. The molecule has 36 heavy (non-hydrogen) atoms. The van der Waals surface area contributed by atoms with Gasteiger partial charge in [0.05, 0.1) is 39.0 Å². The first-order valence-electron chi connectivity index (χ1n) is 14.4. The smallest absolute Gasteiger partial charge is 0.309 e. The molecule has 210 valence electrons. The highest BCUT2D eigenvalue weighted by Crippen LogP contribution is 2.17. The first-order valence-corrected chi connectivity index (χ1v) is 14.4. The number of rotatable bonds is 27. The van der Waals surface area contributed by atoms with Crippen molar-refractivity contribution >= 4 is 17.9 Å². The molecule has 7 heteroatoms. The number of carbonyl (C=O) groups excluding carboxylic acids is 1. The topological polar surface area (TPSA) is 115 Å². The van der Waals surface area contributed by atoms with Crippen LogP contribution in [-0.2, 0) is 14.4 Å². The molecule has 0 bridgehead atoms. The number of quaternary nitrogens is 1. The van der Waals surface area contributed by atoms with E-state index in [1.807, 2.05) is 0 Å². The van der Waals surface area contributed by atoms with E-state index in [1.54, 1.807) is 0 Å². The Kier molecular flexibility index (Phi) is 22.3. The van der Waals surface area contributed by atoms with Gasteiger partial charge in [0.25, 0.3) is 0 Å². The molecule has 0 aliphatic carbocycles. The third-order valence-electron chi connectivity index (χ3n) is 7.13. The van der Waals surface area contributed by atoms with Crippen molar-refractivity contribution in [2.45, 2.75) is 129 Å². The van der Waals surface area contributed by atoms with Crippen molar-refractivity contribution in [1.82, 2.24) is 0 Å². The van der Waals surface area contributed by atoms with E-state index in [2.05, 4.69) is 19.1 Å². The van der Waals surface area contributed by atoms with Crippen molar-refractivity contribution in [3.63, 3.8) is 0 Å². The summed E-state index contributed by atoms with van der Waals surface area (Å²) in [6.45, 7) is 3.43. The number of hydrogen-bond donors (Lipinski definition) is 2. The normalized spacial score (nSPS) is 11.8. The first-order chi connectivity index (χ1) is 17.3. The lowest BCUT2D eigenvalue weighted by Gasteiger charge is -2.38. The lowest BCUT2D eigenvalue weighted by atomic mass is 10.0. The van der Waals surface area contributed by atoms with Crippen LogP contribution in [0.25, 0.3) is 0 Å². The van der Waals surface area contributed by atoms with Gasteiger partial charge in [0.1, 0.15) is 0 Å². The minimum absolute atomic E-state index is 0.0937. The molecule has 0 saturated carbocycles. The summed E-state index contributed by atoms with van der Waals surface area (Å²) in [5, 5.41) is 29.2. The molecule has 0 aromatic carbocycles. The second-order valence-corrected chi connectivity index (χ2v) is 10.3. The third-order valence-corrected chi connectivity index (χ3v) is 7.13. The van der Waals surface area contributed by atoms with Gasteiger partial charge in [-0.25, -0.2) is 0 Å². The summed E-state index contributed by atoms with van der Waals surface area (Å²) in [5.41, 5.74) is 0. The number of aliphatic carboxylic acids is 3. The molecule has 2 N–H and O–H groups in total. The van der Waals surface area contributed by atoms with E-state index in [-0.39, 0.29) is 43.4 Å². The van der Waals surface area contributed by atoms with E-state index >= 15 is 0 Å². The van der Waals surface area contributed by atoms with Crippen LogP contribution in [0.3, 0.4) is 0 Å². The Morgan fingerprint density at radius 2 is 0.944 bits per heavy atom. The molecule has 0 heterocycles. The molecule has 7 nitrogen and oxygen atoms in total. The maximum absolute atomic E-state index is 11.1. The van der Waals surface area contributed by atoms with Gasteiger partial charge in [0, 0.05) is 12.4 Å².